The van der Waals surface area contributed by atoms with E-state index in [4.69, 9.17) is 11.6 Å². The van der Waals surface area contributed by atoms with Crippen molar-refractivity contribution >= 4 is 35.9 Å². The zero-order valence-corrected chi connectivity index (χ0v) is 14.3. The molecule has 1 aromatic carbocycles. The van der Waals surface area contributed by atoms with Crippen LogP contribution in [0.15, 0.2) is 24.3 Å². The van der Waals surface area contributed by atoms with Crippen molar-refractivity contribution in [2.24, 2.45) is 0 Å². The lowest BCUT2D eigenvalue weighted by atomic mass is 10.1. The zero-order chi connectivity index (χ0) is 15.8. The minimum absolute atomic E-state index is 0. The fourth-order valence-corrected chi connectivity index (χ4v) is 2.39. The first-order chi connectivity index (χ1) is 10.6. The summed E-state index contributed by atoms with van der Waals surface area (Å²) < 4.78 is 0. The van der Waals surface area contributed by atoms with Crippen molar-refractivity contribution < 1.29 is 9.59 Å². The Labute approximate surface area is 147 Å². The molecule has 0 radical (unpaired) electrons. The van der Waals surface area contributed by atoms with Crippen LogP contribution in [0.2, 0.25) is 5.02 Å². The predicted octanol–water partition coefficient (Wildman–Crippen LogP) is 1.43. The number of benzene rings is 1. The number of carbonyl (C=O) groups is 2. The van der Waals surface area contributed by atoms with Crippen LogP contribution in [-0.4, -0.2) is 37.6 Å². The number of nitrogens with one attached hydrogen (secondary N) is 4. The van der Waals surface area contributed by atoms with E-state index < -0.39 is 0 Å². The van der Waals surface area contributed by atoms with Gasteiger partial charge in [0.25, 0.3) is 0 Å². The number of urea groups is 1. The smallest absolute Gasteiger partial charge is 0.315 e. The highest BCUT2D eigenvalue weighted by Crippen LogP contribution is 2.08. The minimum atomic E-state index is -0.369. The van der Waals surface area contributed by atoms with Crippen LogP contribution in [-0.2, 0) is 11.3 Å². The molecule has 1 aliphatic heterocycles. The van der Waals surface area contributed by atoms with Gasteiger partial charge in [-0.25, -0.2) is 4.79 Å². The zero-order valence-electron chi connectivity index (χ0n) is 12.7. The van der Waals surface area contributed by atoms with E-state index in [1.165, 1.54) is 0 Å². The normalized spacial score (nSPS) is 16.8. The van der Waals surface area contributed by atoms with Gasteiger partial charge in [-0.15, -0.1) is 12.4 Å². The van der Waals surface area contributed by atoms with Crippen molar-refractivity contribution in [3.8, 4) is 0 Å². The first kappa shape index (κ1) is 19.5. The number of hydrogen-bond acceptors (Lipinski definition) is 3. The standard InChI is InChI=1S/C15H21ClN4O2.ClH/c16-12-5-3-11(4-6-12)8-18-15(22)19-10-14(21)20-13-2-1-7-17-9-13;/h3-6,13,17H,1-2,7-10H2,(H,20,21)(H2,18,19,22);1H/t13-;/m0./s1. The molecule has 0 saturated carbocycles. The van der Waals surface area contributed by atoms with E-state index in [9.17, 15) is 9.59 Å². The maximum atomic E-state index is 11.7. The Balaban J connectivity index is 0.00000264. The largest absolute Gasteiger partial charge is 0.351 e. The van der Waals surface area contributed by atoms with Gasteiger partial charge in [0.2, 0.25) is 5.91 Å². The summed E-state index contributed by atoms with van der Waals surface area (Å²) in [5, 5.41) is 12.0. The maximum absolute atomic E-state index is 11.7. The Kier molecular flexibility index (Phi) is 8.76. The quantitative estimate of drug-likeness (QED) is 0.640. The topological polar surface area (TPSA) is 82.3 Å². The molecular formula is C15H22Cl2N4O2. The number of rotatable bonds is 5. The van der Waals surface area contributed by atoms with Gasteiger partial charge in [0.1, 0.15) is 0 Å². The Morgan fingerprint density at radius 2 is 1.96 bits per heavy atom. The molecular weight excluding hydrogens is 339 g/mol. The Hall–Kier alpha value is -1.50. The summed E-state index contributed by atoms with van der Waals surface area (Å²) in [4.78, 5) is 23.4. The molecule has 1 atom stereocenters. The Bertz CT molecular complexity index is 505. The predicted molar refractivity (Wildman–Crippen MR) is 93.0 cm³/mol. The Morgan fingerprint density at radius 1 is 1.22 bits per heavy atom. The number of hydrogen-bond donors (Lipinski definition) is 4. The van der Waals surface area contributed by atoms with E-state index in [2.05, 4.69) is 21.3 Å². The van der Waals surface area contributed by atoms with Crippen LogP contribution in [0.3, 0.4) is 0 Å². The van der Waals surface area contributed by atoms with Gasteiger partial charge in [0.15, 0.2) is 0 Å². The van der Waals surface area contributed by atoms with Crippen LogP contribution in [0.4, 0.5) is 4.79 Å². The molecule has 2 rings (SSSR count). The summed E-state index contributed by atoms with van der Waals surface area (Å²) in [6.07, 6.45) is 2.03. The van der Waals surface area contributed by atoms with E-state index in [1.807, 2.05) is 12.1 Å². The van der Waals surface area contributed by atoms with Crippen LogP contribution < -0.4 is 21.3 Å². The second-order valence-electron chi connectivity index (χ2n) is 5.27. The van der Waals surface area contributed by atoms with Gasteiger partial charge in [-0.1, -0.05) is 23.7 Å². The van der Waals surface area contributed by atoms with E-state index in [0.717, 1.165) is 31.5 Å². The number of piperidine rings is 1. The summed E-state index contributed by atoms with van der Waals surface area (Å²) in [6, 6.07) is 6.99. The monoisotopic (exact) mass is 360 g/mol. The molecule has 23 heavy (non-hydrogen) atoms. The summed E-state index contributed by atoms with van der Waals surface area (Å²) in [5.74, 6) is -0.171. The van der Waals surface area contributed by atoms with Gasteiger partial charge in [-0.2, -0.15) is 0 Å². The van der Waals surface area contributed by atoms with Crippen molar-refractivity contribution in [1.29, 1.82) is 0 Å². The highest BCUT2D eigenvalue weighted by molar-refractivity contribution is 6.30. The first-order valence-corrected chi connectivity index (χ1v) is 7.77. The van der Waals surface area contributed by atoms with Crippen LogP contribution in [0.25, 0.3) is 0 Å². The summed E-state index contributed by atoms with van der Waals surface area (Å²) in [6.45, 7) is 2.15. The molecule has 1 aliphatic rings. The highest BCUT2D eigenvalue weighted by atomic mass is 35.5. The van der Waals surface area contributed by atoms with Gasteiger partial charge < -0.3 is 21.3 Å². The fourth-order valence-electron chi connectivity index (χ4n) is 2.26. The third kappa shape index (κ3) is 7.54. The molecule has 0 unspecified atom stereocenters. The molecule has 0 bridgehead atoms. The third-order valence-electron chi connectivity index (χ3n) is 3.44. The number of carbonyl (C=O) groups excluding carboxylic acids is 2. The maximum Gasteiger partial charge on any atom is 0.315 e. The molecule has 3 amide bonds. The third-order valence-corrected chi connectivity index (χ3v) is 3.69. The molecule has 0 spiro atoms. The highest BCUT2D eigenvalue weighted by Gasteiger charge is 2.15. The lowest BCUT2D eigenvalue weighted by Gasteiger charge is -2.23. The SMILES string of the molecule is Cl.O=C(CNC(=O)NCc1ccc(Cl)cc1)N[C@H]1CCCNC1. The second kappa shape index (κ2) is 10.3. The molecule has 1 saturated heterocycles. The molecule has 1 aromatic rings. The molecule has 128 valence electrons. The van der Waals surface area contributed by atoms with Gasteiger partial charge in [0.05, 0.1) is 6.54 Å². The first-order valence-electron chi connectivity index (χ1n) is 7.40. The summed E-state index contributed by atoms with van der Waals surface area (Å²) in [5.41, 5.74) is 0.942. The van der Waals surface area contributed by atoms with Gasteiger partial charge >= 0.3 is 6.03 Å². The van der Waals surface area contributed by atoms with Gasteiger partial charge in [0, 0.05) is 24.2 Å². The lowest BCUT2D eigenvalue weighted by Crippen LogP contribution is -2.49. The fraction of sp³-hybridized carbons (Fsp3) is 0.467. The van der Waals surface area contributed by atoms with Crippen molar-refractivity contribution in [3.05, 3.63) is 34.9 Å². The summed E-state index contributed by atoms with van der Waals surface area (Å²) in [7, 11) is 0. The molecule has 1 heterocycles. The molecule has 4 N–H and O–H groups in total. The lowest BCUT2D eigenvalue weighted by molar-refractivity contribution is -0.120. The molecule has 8 heteroatoms. The van der Waals surface area contributed by atoms with Crippen molar-refractivity contribution in [1.82, 2.24) is 21.3 Å². The molecule has 6 nitrogen and oxygen atoms in total. The van der Waals surface area contributed by atoms with Crippen LogP contribution in [0.1, 0.15) is 18.4 Å². The molecule has 1 fully saturated rings. The second-order valence-corrected chi connectivity index (χ2v) is 5.71. The summed E-state index contributed by atoms with van der Waals surface area (Å²) >= 11 is 5.79. The van der Waals surface area contributed by atoms with Crippen LogP contribution >= 0.6 is 24.0 Å². The van der Waals surface area contributed by atoms with Crippen molar-refractivity contribution in [3.63, 3.8) is 0 Å². The number of halogens is 2. The van der Waals surface area contributed by atoms with E-state index in [0.29, 0.717) is 11.6 Å². The van der Waals surface area contributed by atoms with Crippen LogP contribution in [0, 0.1) is 0 Å². The van der Waals surface area contributed by atoms with Gasteiger partial charge in [-0.3, -0.25) is 4.79 Å². The van der Waals surface area contributed by atoms with Crippen LogP contribution in [0.5, 0.6) is 0 Å². The minimum Gasteiger partial charge on any atom is -0.351 e. The van der Waals surface area contributed by atoms with Crippen molar-refractivity contribution in [2.75, 3.05) is 19.6 Å². The average molecular weight is 361 g/mol. The average Bonchev–Trinajstić information content (AvgIpc) is 2.53. The number of amides is 3. The van der Waals surface area contributed by atoms with Crippen molar-refractivity contribution in [2.45, 2.75) is 25.4 Å². The molecule has 0 aliphatic carbocycles. The van der Waals surface area contributed by atoms with E-state index in [1.54, 1.807) is 12.1 Å². The molecule has 0 aromatic heterocycles. The van der Waals surface area contributed by atoms with E-state index >= 15 is 0 Å². The van der Waals surface area contributed by atoms with E-state index in [-0.39, 0.29) is 36.9 Å². The Morgan fingerprint density at radius 3 is 2.61 bits per heavy atom. The van der Waals surface area contributed by atoms with Gasteiger partial charge in [-0.05, 0) is 37.1 Å².